The van der Waals surface area contributed by atoms with Gasteiger partial charge in [-0.1, -0.05) is 0 Å². The Hall–Kier alpha value is -0.970. The summed E-state index contributed by atoms with van der Waals surface area (Å²) < 4.78 is 23.4. The summed E-state index contributed by atoms with van der Waals surface area (Å²) in [6, 6.07) is -2.90. The fourth-order valence-electron chi connectivity index (χ4n) is 5.52. The van der Waals surface area contributed by atoms with E-state index in [1.807, 2.05) is 0 Å². The number of carbonyl (C=O) groups excluding carboxylic acids is 1. The van der Waals surface area contributed by atoms with Gasteiger partial charge >= 0.3 is 0 Å². The predicted molar refractivity (Wildman–Crippen MR) is 139 cm³/mol. The summed E-state index contributed by atoms with van der Waals surface area (Å²) in [6.45, 7) is -0.582. The third-order valence-electron chi connectivity index (χ3n) is 7.95. The van der Waals surface area contributed by atoms with Crippen LogP contribution in [0.1, 0.15) is 19.3 Å². The Morgan fingerprint density at radius 2 is 1.56 bits per heavy atom. The summed E-state index contributed by atoms with van der Waals surface area (Å²) in [4.78, 5) is 12.6. The van der Waals surface area contributed by atoms with Crippen LogP contribution in [0, 0.1) is 5.92 Å². The Balaban J connectivity index is 1.80. The first-order valence-corrected chi connectivity index (χ1v) is 13.9. The van der Waals surface area contributed by atoms with Gasteiger partial charge in [-0.3, -0.25) is 4.79 Å². The molecule has 2 heterocycles. The Morgan fingerprint density at radius 1 is 0.902 bits per heavy atom. The summed E-state index contributed by atoms with van der Waals surface area (Å²) in [7, 11) is 0. The number of rotatable bonds is 13. The smallest absolute Gasteiger partial charge is 0.186 e. The van der Waals surface area contributed by atoms with Crippen LogP contribution < -0.4 is 28.3 Å². The molecule has 3 rings (SSSR count). The zero-order valence-corrected chi connectivity index (χ0v) is 22.8. The lowest BCUT2D eigenvalue weighted by Gasteiger charge is -2.48. The first-order valence-electron chi connectivity index (χ1n) is 13.9. The summed E-state index contributed by atoms with van der Waals surface area (Å²) in [5, 5.41) is 74.1. The number of nitrogens with one attached hydrogen (secondary N) is 1. The fraction of sp³-hybridized carbons (Fsp3) is 0.958. The molecule has 0 aromatic rings. The van der Waals surface area contributed by atoms with Gasteiger partial charge in [-0.05, 0) is 18.8 Å². The summed E-state index contributed by atoms with van der Waals surface area (Å²) in [5.41, 5.74) is 23.9. The van der Waals surface area contributed by atoms with Gasteiger partial charge in [0, 0.05) is 32.1 Å². The van der Waals surface area contributed by atoms with Crippen molar-refractivity contribution in [2.45, 2.75) is 105 Å². The van der Waals surface area contributed by atoms with Crippen molar-refractivity contribution in [2.75, 3.05) is 32.8 Å². The number of nitrogens with two attached hydrogens (primary N) is 4. The topological polar surface area (TPSA) is 312 Å². The Bertz CT molecular complexity index is 817. The van der Waals surface area contributed by atoms with Crippen LogP contribution in [0.15, 0.2) is 0 Å². The van der Waals surface area contributed by atoms with Crippen molar-refractivity contribution in [1.29, 1.82) is 0 Å². The molecule has 2 aliphatic heterocycles. The lowest BCUT2D eigenvalue weighted by molar-refractivity contribution is -0.320. The quantitative estimate of drug-likeness (QED) is 0.0877. The molecule has 0 aromatic heterocycles. The molecule has 0 bridgehead atoms. The molecule has 16 N–H and O–H groups in total. The van der Waals surface area contributed by atoms with E-state index in [0.717, 1.165) is 0 Å². The van der Waals surface area contributed by atoms with Crippen molar-refractivity contribution >= 4 is 5.78 Å². The maximum Gasteiger partial charge on any atom is 0.186 e. The zero-order valence-electron chi connectivity index (χ0n) is 22.8. The van der Waals surface area contributed by atoms with Gasteiger partial charge in [0.05, 0.1) is 43.6 Å². The minimum Gasteiger partial charge on any atom is -0.395 e. The minimum absolute atomic E-state index is 0.0580. The van der Waals surface area contributed by atoms with Crippen molar-refractivity contribution in [3.05, 3.63) is 0 Å². The van der Waals surface area contributed by atoms with Crippen LogP contribution in [0.5, 0.6) is 0 Å². The number of aliphatic hydroxyl groups excluding tert-OH is 7. The monoisotopic (exact) mass is 597 g/mol. The first-order chi connectivity index (χ1) is 19.4. The number of carbonyl (C=O) groups is 1. The van der Waals surface area contributed by atoms with E-state index >= 15 is 0 Å². The average Bonchev–Trinajstić information content (AvgIpc) is 2.94. The second-order valence-electron chi connectivity index (χ2n) is 11.0. The second-order valence-corrected chi connectivity index (χ2v) is 11.0. The van der Waals surface area contributed by atoms with Crippen LogP contribution in [0.3, 0.4) is 0 Å². The molecular weight excluding hydrogens is 550 g/mol. The van der Waals surface area contributed by atoms with Gasteiger partial charge in [0.1, 0.15) is 36.6 Å². The second kappa shape index (κ2) is 15.7. The molecule has 1 saturated carbocycles. The minimum atomic E-state index is -1.57. The van der Waals surface area contributed by atoms with E-state index < -0.39 is 104 Å². The van der Waals surface area contributed by atoms with E-state index in [1.165, 1.54) is 0 Å². The van der Waals surface area contributed by atoms with Crippen LogP contribution in [-0.2, 0) is 23.7 Å². The Labute approximate surface area is 237 Å². The van der Waals surface area contributed by atoms with Gasteiger partial charge in [-0.2, -0.15) is 0 Å². The van der Waals surface area contributed by atoms with Gasteiger partial charge in [0.15, 0.2) is 18.4 Å². The van der Waals surface area contributed by atoms with Gasteiger partial charge in [-0.15, -0.1) is 0 Å². The van der Waals surface area contributed by atoms with E-state index in [2.05, 4.69) is 5.32 Å². The van der Waals surface area contributed by atoms with Gasteiger partial charge in [0.25, 0.3) is 0 Å². The van der Waals surface area contributed by atoms with Crippen LogP contribution >= 0.6 is 0 Å². The average molecular weight is 598 g/mol. The molecule has 0 aromatic carbocycles. The van der Waals surface area contributed by atoms with Crippen molar-refractivity contribution in [3.8, 4) is 0 Å². The van der Waals surface area contributed by atoms with E-state index in [-0.39, 0.29) is 45.5 Å². The standard InChI is InChI=1S/C24H47N5O12/c25-6-14(34)12(32)4-9-3-10(26)22(41-23-11(27)5-13(33)15(38-23)7-29-1-2-30)20(37)21(9)40-24-19(36)17(28)18(35)16(8-31)39-24/h9-11,13-24,29-31,33-37H,1-8,25-28H2/t9-,10-,11+,13-,14-,15+,16+,17-,18+,19+,20+,21-,22+,23+,24+/m0/s1. The zero-order chi connectivity index (χ0) is 30.4. The van der Waals surface area contributed by atoms with Gasteiger partial charge in [0.2, 0.25) is 0 Å². The molecule has 0 radical (unpaired) electrons. The van der Waals surface area contributed by atoms with Crippen molar-refractivity contribution in [3.63, 3.8) is 0 Å². The molecule has 0 spiro atoms. The Morgan fingerprint density at radius 3 is 2.20 bits per heavy atom. The lowest BCUT2D eigenvalue weighted by Crippen LogP contribution is -2.66. The number of hydrogen-bond donors (Lipinski definition) is 12. The molecule has 41 heavy (non-hydrogen) atoms. The molecule has 1 aliphatic carbocycles. The van der Waals surface area contributed by atoms with E-state index in [1.54, 1.807) is 0 Å². The molecule has 3 aliphatic rings. The van der Waals surface area contributed by atoms with Gasteiger partial charge in [-0.25, -0.2) is 0 Å². The molecule has 0 amide bonds. The van der Waals surface area contributed by atoms with Crippen LogP contribution in [-0.4, -0.2) is 160 Å². The highest BCUT2D eigenvalue weighted by atomic mass is 16.7. The van der Waals surface area contributed by atoms with Crippen LogP contribution in [0.4, 0.5) is 0 Å². The molecule has 240 valence electrons. The Kier molecular flexibility index (Phi) is 13.2. The first kappa shape index (κ1) is 34.5. The third-order valence-corrected chi connectivity index (χ3v) is 7.95. The van der Waals surface area contributed by atoms with E-state index in [0.29, 0.717) is 0 Å². The highest BCUT2D eigenvalue weighted by Crippen LogP contribution is 2.36. The largest absolute Gasteiger partial charge is 0.395 e. The van der Waals surface area contributed by atoms with Crippen molar-refractivity contribution in [2.24, 2.45) is 28.9 Å². The predicted octanol–water partition coefficient (Wildman–Crippen LogP) is -7.10. The van der Waals surface area contributed by atoms with Crippen molar-refractivity contribution < 1.29 is 59.5 Å². The van der Waals surface area contributed by atoms with Crippen LogP contribution in [0.2, 0.25) is 0 Å². The third kappa shape index (κ3) is 8.36. The van der Waals surface area contributed by atoms with E-state index in [4.69, 9.17) is 47.0 Å². The van der Waals surface area contributed by atoms with E-state index in [9.17, 15) is 35.4 Å². The van der Waals surface area contributed by atoms with Gasteiger partial charge < -0.3 is 82.9 Å². The molecule has 17 heteroatoms. The molecule has 0 unspecified atom stereocenters. The molecular formula is C24H47N5O12. The van der Waals surface area contributed by atoms with Crippen molar-refractivity contribution in [1.82, 2.24) is 5.32 Å². The fourth-order valence-corrected chi connectivity index (χ4v) is 5.52. The number of hydrogen-bond acceptors (Lipinski definition) is 17. The molecule has 15 atom stereocenters. The number of ether oxygens (including phenoxy) is 4. The number of ketones is 1. The molecule has 2 saturated heterocycles. The summed E-state index contributed by atoms with van der Waals surface area (Å²) in [6.07, 6.45) is -13.9. The maximum atomic E-state index is 12.6. The SMILES string of the molecule is NC[C@H](O)C(=O)C[C@@H]1C[C@H](N)[C@@H](O[C@H]2O[C@H](CNCCO)[C@@H](O)C[C@H]2N)[C@H](O)[C@H]1O[C@H]1O[C@H](CO)[C@@H](O)[C@H](N)[C@H]1O. The highest BCUT2D eigenvalue weighted by Gasteiger charge is 2.51. The molecule has 3 fully saturated rings. The lowest BCUT2D eigenvalue weighted by atomic mass is 9.76. The normalized spacial score (nSPS) is 44.5. The highest BCUT2D eigenvalue weighted by molar-refractivity contribution is 5.83. The maximum absolute atomic E-state index is 12.6. The van der Waals surface area contributed by atoms with Crippen LogP contribution in [0.25, 0.3) is 0 Å². The summed E-state index contributed by atoms with van der Waals surface area (Å²) in [5.74, 6) is -1.40. The number of aliphatic hydroxyl groups is 7. The number of Topliss-reactive ketones (excluding diaryl/α,β-unsaturated/α-hetero) is 1. The summed E-state index contributed by atoms with van der Waals surface area (Å²) >= 11 is 0. The molecule has 17 nitrogen and oxygen atoms in total.